The maximum Gasteiger partial charge on any atom is 0.0519 e. The maximum absolute atomic E-state index is 5.67. The van der Waals surface area contributed by atoms with Gasteiger partial charge in [0.2, 0.25) is 0 Å². The van der Waals surface area contributed by atoms with Crippen LogP contribution in [0.1, 0.15) is 37.3 Å². The van der Waals surface area contributed by atoms with Crippen LogP contribution in [0, 0.1) is 12.8 Å². The zero-order chi connectivity index (χ0) is 9.97. The van der Waals surface area contributed by atoms with E-state index in [4.69, 9.17) is 5.73 Å². The van der Waals surface area contributed by atoms with E-state index in [1.54, 1.807) is 0 Å². The summed E-state index contributed by atoms with van der Waals surface area (Å²) < 4.78 is 2.13. The molecule has 14 heavy (non-hydrogen) atoms. The lowest BCUT2D eigenvalue weighted by atomic mass is 9.86. The second-order valence-electron chi connectivity index (χ2n) is 4.41. The fraction of sp³-hybridized carbons (Fsp3) is 0.727. The smallest absolute Gasteiger partial charge is 0.0519 e. The summed E-state index contributed by atoms with van der Waals surface area (Å²) in [6, 6.07) is 0.617. The zero-order valence-corrected chi connectivity index (χ0v) is 8.82. The third-order valence-corrected chi connectivity index (χ3v) is 3.25. The number of hydrogen-bond donors (Lipinski definition) is 1. The highest BCUT2D eigenvalue weighted by molar-refractivity contribution is 5.00. The number of rotatable bonds is 2. The molecule has 0 radical (unpaired) electrons. The van der Waals surface area contributed by atoms with Crippen molar-refractivity contribution in [3.63, 3.8) is 0 Å². The van der Waals surface area contributed by atoms with E-state index >= 15 is 0 Å². The number of aromatic nitrogens is 2. The van der Waals surface area contributed by atoms with Crippen LogP contribution in [0.2, 0.25) is 0 Å². The van der Waals surface area contributed by atoms with Crippen LogP contribution in [0.3, 0.4) is 0 Å². The Morgan fingerprint density at radius 2 is 2.14 bits per heavy atom. The topological polar surface area (TPSA) is 43.8 Å². The molecule has 1 aliphatic carbocycles. The zero-order valence-electron chi connectivity index (χ0n) is 8.82. The number of aryl methyl sites for hydroxylation is 1. The Balaban J connectivity index is 1.95. The van der Waals surface area contributed by atoms with Crippen molar-refractivity contribution in [2.24, 2.45) is 11.7 Å². The van der Waals surface area contributed by atoms with Crippen molar-refractivity contribution >= 4 is 0 Å². The Kier molecular flexibility index (Phi) is 2.87. The summed E-state index contributed by atoms with van der Waals surface area (Å²) in [7, 11) is 0. The van der Waals surface area contributed by atoms with Gasteiger partial charge in [0.1, 0.15) is 0 Å². The lowest BCUT2D eigenvalue weighted by molar-refractivity contribution is 0.265. The lowest BCUT2D eigenvalue weighted by Crippen LogP contribution is -2.23. The number of hydrogen-bond acceptors (Lipinski definition) is 2. The molecule has 0 unspecified atom stereocenters. The molecule has 0 aliphatic heterocycles. The number of nitrogens with zero attached hydrogens (tertiary/aromatic N) is 2. The van der Waals surface area contributed by atoms with E-state index in [1.807, 2.05) is 6.20 Å². The largest absolute Gasteiger partial charge is 0.330 e. The highest BCUT2D eigenvalue weighted by atomic mass is 15.3. The van der Waals surface area contributed by atoms with Crippen molar-refractivity contribution in [3.8, 4) is 0 Å². The normalized spacial score (nSPS) is 27.9. The Morgan fingerprint density at radius 1 is 1.43 bits per heavy atom. The van der Waals surface area contributed by atoms with Crippen LogP contribution >= 0.6 is 0 Å². The minimum Gasteiger partial charge on any atom is -0.330 e. The van der Waals surface area contributed by atoms with Gasteiger partial charge >= 0.3 is 0 Å². The van der Waals surface area contributed by atoms with Crippen molar-refractivity contribution in [2.45, 2.75) is 38.6 Å². The summed E-state index contributed by atoms with van der Waals surface area (Å²) in [5.74, 6) is 0.753. The third kappa shape index (κ3) is 1.98. The molecule has 0 amide bonds. The first-order valence-electron chi connectivity index (χ1n) is 5.50. The third-order valence-electron chi connectivity index (χ3n) is 3.25. The standard InChI is InChI=1S/C11H19N3/c1-9-7-13-14(8-9)11-4-2-10(6-12)3-5-11/h7-8,10-11H,2-6,12H2,1H3. The molecule has 2 N–H and O–H groups in total. The molecule has 0 atom stereocenters. The first-order valence-corrected chi connectivity index (χ1v) is 5.50. The first-order chi connectivity index (χ1) is 6.79. The van der Waals surface area contributed by atoms with Crippen LogP contribution in [0.25, 0.3) is 0 Å². The van der Waals surface area contributed by atoms with Crippen molar-refractivity contribution in [1.29, 1.82) is 0 Å². The van der Waals surface area contributed by atoms with E-state index in [1.165, 1.54) is 31.2 Å². The van der Waals surface area contributed by atoms with Crippen LogP contribution < -0.4 is 5.73 Å². The van der Waals surface area contributed by atoms with Crippen molar-refractivity contribution in [2.75, 3.05) is 6.54 Å². The van der Waals surface area contributed by atoms with Gasteiger partial charge in [0.15, 0.2) is 0 Å². The van der Waals surface area contributed by atoms with Gasteiger partial charge in [-0.1, -0.05) is 0 Å². The average molecular weight is 193 g/mol. The molecule has 1 saturated carbocycles. The van der Waals surface area contributed by atoms with Gasteiger partial charge in [0.05, 0.1) is 12.2 Å². The molecular formula is C11H19N3. The molecule has 0 saturated heterocycles. The van der Waals surface area contributed by atoms with Crippen LogP contribution in [0.4, 0.5) is 0 Å². The highest BCUT2D eigenvalue weighted by Gasteiger charge is 2.21. The maximum atomic E-state index is 5.67. The minimum atomic E-state index is 0.617. The van der Waals surface area contributed by atoms with E-state index in [0.29, 0.717) is 6.04 Å². The van der Waals surface area contributed by atoms with Crippen molar-refractivity contribution < 1.29 is 0 Å². The van der Waals surface area contributed by atoms with E-state index < -0.39 is 0 Å². The van der Waals surface area contributed by atoms with Gasteiger partial charge in [-0.15, -0.1) is 0 Å². The molecule has 2 rings (SSSR count). The second-order valence-corrected chi connectivity index (χ2v) is 4.41. The van der Waals surface area contributed by atoms with Crippen LogP contribution in [0.5, 0.6) is 0 Å². The first kappa shape index (κ1) is 9.71. The van der Waals surface area contributed by atoms with Crippen LogP contribution in [-0.2, 0) is 0 Å². The Labute approximate surface area is 85.3 Å². The van der Waals surface area contributed by atoms with Crippen molar-refractivity contribution in [3.05, 3.63) is 18.0 Å². The summed E-state index contributed by atoms with van der Waals surface area (Å²) in [6.45, 7) is 2.94. The van der Waals surface area contributed by atoms with Gasteiger partial charge in [-0.3, -0.25) is 4.68 Å². The van der Waals surface area contributed by atoms with E-state index in [9.17, 15) is 0 Å². The summed E-state index contributed by atoms with van der Waals surface area (Å²) in [5.41, 5.74) is 6.92. The quantitative estimate of drug-likeness (QED) is 0.779. The van der Waals surface area contributed by atoms with Crippen LogP contribution in [0.15, 0.2) is 12.4 Å². The van der Waals surface area contributed by atoms with Crippen LogP contribution in [-0.4, -0.2) is 16.3 Å². The second kappa shape index (κ2) is 4.13. The molecule has 1 heterocycles. The predicted molar refractivity (Wildman–Crippen MR) is 57.0 cm³/mol. The fourth-order valence-corrected chi connectivity index (χ4v) is 2.28. The molecule has 0 aromatic carbocycles. The van der Waals surface area contributed by atoms with E-state index in [-0.39, 0.29) is 0 Å². The number of nitrogens with two attached hydrogens (primary N) is 1. The Hall–Kier alpha value is -0.830. The predicted octanol–water partition coefficient (Wildman–Crippen LogP) is 1.88. The molecule has 0 spiro atoms. The molecule has 3 heteroatoms. The van der Waals surface area contributed by atoms with Gasteiger partial charge in [-0.25, -0.2) is 0 Å². The molecule has 3 nitrogen and oxygen atoms in total. The monoisotopic (exact) mass is 193 g/mol. The molecule has 0 bridgehead atoms. The van der Waals surface area contributed by atoms with Gasteiger partial charge in [-0.05, 0) is 50.6 Å². The fourth-order valence-electron chi connectivity index (χ4n) is 2.28. The Bertz CT molecular complexity index is 284. The van der Waals surface area contributed by atoms with Gasteiger partial charge in [0.25, 0.3) is 0 Å². The SMILES string of the molecule is Cc1cnn(C2CCC(CN)CC2)c1. The molecule has 1 fully saturated rings. The molecule has 1 aromatic rings. The summed E-state index contributed by atoms with van der Waals surface area (Å²) in [6.07, 6.45) is 9.09. The molecule has 1 aliphatic rings. The van der Waals surface area contributed by atoms with Crippen molar-refractivity contribution in [1.82, 2.24) is 9.78 Å². The molecule has 78 valence electrons. The van der Waals surface area contributed by atoms with E-state index in [0.717, 1.165) is 12.5 Å². The average Bonchev–Trinajstić information content (AvgIpc) is 2.65. The van der Waals surface area contributed by atoms with Gasteiger partial charge in [0, 0.05) is 6.20 Å². The summed E-state index contributed by atoms with van der Waals surface area (Å²) in [5, 5.41) is 4.38. The molecular weight excluding hydrogens is 174 g/mol. The van der Waals surface area contributed by atoms with Gasteiger partial charge in [-0.2, -0.15) is 5.10 Å². The minimum absolute atomic E-state index is 0.617. The Morgan fingerprint density at radius 3 is 2.64 bits per heavy atom. The molecule has 1 aromatic heterocycles. The van der Waals surface area contributed by atoms with Gasteiger partial charge < -0.3 is 5.73 Å². The summed E-state index contributed by atoms with van der Waals surface area (Å²) >= 11 is 0. The lowest BCUT2D eigenvalue weighted by Gasteiger charge is -2.27. The summed E-state index contributed by atoms with van der Waals surface area (Å²) in [4.78, 5) is 0. The highest BCUT2D eigenvalue weighted by Crippen LogP contribution is 2.31. The van der Waals surface area contributed by atoms with E-state index in [2.05, 4.69) is 22.9 Å².